The topological polar surface area (TPSA) is 50.6 Å². The van der Waals surface area contributed by atoms with Gasteiger partial charge < -0.3 is 4.90 Å². The van der Waals surface area contributed by atoms with Crippen LogP contribution in [-0.4, -0.2) is 72.5 Å². The molecule has 1 amide bonds. The number of hydrogen-bond acceptors (Lipinski definition) is 4. The van der Waals surface area contributed by atoms with Crippen molar-refractivity contribution in [3.05, 3.63) is 0 Å². The van der Waals surface area contributed by atoms with Gasteiger partial charge in [-0.2, -0.15) is 5.26 Å². The van der Waals surface area contributed by atoms with E-state index in [9.17, 15) is 4.79 Å². The first-order valence-electron chi connectivity index (χ1n) is 6.70. The van der Waals surface area contributed by atoms with Gasteiger partial charge in [-0.1, -0.05) is 6.92 Å². The lowest BCUT2D eigenvalue weighted by atomic mass is 10.0. The number of piperazine rings is 1. The van der Waals surface area contributed by atoms with E-state index in [2.05, 4.69) is 22.8 Å². The summed E-state index contributed by atoms with van der Waals surface area (Å²) in [6.45, 7) is 10.1. The normalized spacial score (nSPS) is 30.4. The molecule has 0 radical (unpaired) electrons. The third-order valence-electron chi connectivity index (χ3n) is 4.17. The second kappa shape index (κ2) is 5.68. The monoisotopic (exact) mass is 250 g/mol. The predicted octanol–water partition coefficient (Wildman–Crippen LogP) is -0.00562. The molecule has 2 rings (SSSR count). The maximum absolute atomic E-state index is 11.3. The molecule has 0 aromatic heterocycles. The Morgan fingerprint density at radius 3 is 2.50 bits per heavy atom. The van der Waals surface area contributed by atoms with Crippen molar-refractivity contribution in [2.45, 2.75) is 19.9 Å². The summed E-state index contributed by atoms with van der Waals surface area (Å²) in [5.41, 5.74) is 0. The number of rotatable bonds is 2. The van der Waals surface area contributed by atoms with Gasteiger partial charge in [-0.15, -0.1) is 0 Å². The van der Waals surface area contributed by atoms with E-state index in [1.165, 1.54) is 0 Å². The molecule has 0 aliphatic carbocycles. The highest BCUT2D eigenvalue weighted by molar-refractivity contribution is 5.73. The summed E-state index contributed by atoms with van der Waals surface area (Å²) in [6.07, 6.45) is 0. The van der Waals surface area contributed by atoms with Crippen molar-refractivity contribution in [3.63, 3.8) is 0 Å². The number of carbonyl (C=O) groups excluding carboxylic acids is 1. The minimum absolute atomic E-state index is 0.181. The molecular formula is C13H22N4O. The Kier molecular flexibility index (Phi) is 4.20. The van der Waals surface area contributed by atoms with Crippen LogP contribution in [0.2, 0.25) is 0 Å². The quantitative estimate of drug-likeness (QED) is 0.647. The van der Waals surface area contributed by atoms with Crippen LogP contribution >= 0.6 is 0 Å². The molecule has 2 atom stereocenters. The predicted molar refractivity (Wildman–Crippen MR) is 68.8 cm³/mol. The van der Waals surface area contributed by atoms with Crippen LogP contribution in [0.15, 0.2) is 0 Å². The van der Waals surface area contributed by atoms with Crippen LogP contribution in [-0.2, 0) is 4.79 Å². The molecule has 0 bridgehead atoms. The zero-order chi connectivity index (χ0) is 13.1. The van der Waals surface area contributed by atoms with Crippen molar-refractivity contribution in [1.82, 2.24) is 14.7 Å². The summed E-state index contributed by atoms with van der Waals surface area (Å²) < 4.78 is 0. The lowest BCUT2D eigenvalue weighted by molar-refractivity contribution is -0.130. The number of carbonyl (C=O) groups is 1. The molecule has 0 saturated carbocycles. The summed E-state index contributed by atoms with van der Waals surface area (Å²) in [5.74, 6) is 0.794. The first-order chi connectivity index (χ1) is 8.61. The standard InChI is InChI=1S/C13H22N4O/c1-11-9-15(4-3-14)10-13(11)17-7-5-16(6-8-17)12(2)18/h11,13H,4-10H2,1-2H3/t11-,13-/m0/s1. The lowest BCUT2D eigenvalue weighted by Crippen LogP contribution is -2.53. The molecule has 2 aliphatic rings. The summed E-state index contributed by atoms with van der Waals surface area (Å²) in [7, 11) is 0. The van der Waals surface area contributed by atoms with Crippen LogP contribution in [0.3, 0.4) is 0 Å². The number of likely N-dealkylation sites (tertiary alicyclic amines) is 1. The SMILES string of the molecule is CC(=O)N1CCN([C@H]2CN(CC#N)C[C@@H]2C)CC1. The molecule has 2 saturated heterocycles. The second-order valence-corrected chi connectivity index (χ2v) is 5.44. The maximum atomic E-state index is 11.3. The second-order valence-electron chi connectivity index (χ2n) is 5.44. The summed E-state index contributed by atoms with van der Waals surface area (Å²) in [5, 5.41) is 8.76. The van der Waals surface area contributed by atoms with Crippen molar-refractivity contribution in [1.29, 1.82) is 5.26 Å². The highest BCUT2D eigenvalue weighted by Gasteiger charge is 2.35. The van der Waals surface area contributed by atoms with Gasteiger partial charge in [-0.3, -0.25) is 14.6 Å². The van der Waals surface area contributed by atoms with Crippen LogP contribution in [0.5, 0.6) is 0 Å². The molecule has 0 aromatic rings. The smallest absolute Gasteiger partial charge is 0.219 e. The van der Waals surface area contributed by atoms with E-state index < -0.39 is 0 Å². The Hall–Kier alpha value is -1.12. The maximum Gasteiger partial charge on any atom is 0.219 e. The van der Waals surface area contributed by atoms with Gasteiger partial charge >= 0.3 is 0 Å². The number of nitriles is 1. The molecule has 100 valence electrons. The first kappa shape index (κ1) is 13.3. The van der Waals surface area contributed by atoms with Gasteiger partial charge in [0, 0.05) is 52.2 Å². The van der Waals surface area contributed by atoms with Crippen LogP contribution < -0.4 is 0 Å². The molecule has 5 heteroatoms. The molecule has 5 nitrogen and oxygen atoms in total. The van der Waals surface area contributed by atoms with E-state index in [1.807, 2.05) is 4.90 Å². The van der Waals surface area contributed by atoms with Crippen LogP contribution in [0, 0.1) is 17.2 Å². The third kappa shape index (κ3) is 2.82. The first-order valence-corrected chi connectivity index (χ1v) is 6.70. The molecule has 2 fully saturated rings. The van der Waals surface area contributed by atoms with Gasteiger partial charge in [-0.25, -0.2) is 0 Å². The number of nitrogens with zero attached hydrogens (tertiary/aromatic N) is 4. The molecular weight excluding hydrogens is 228 g/mol. The Morgan fingerprint density at radius 1 is 1.28 bits per heavy atom. The van der Waals surface area contributed by atoms with Gasteiger partial charge in [0.05, 0.1) is 12.6 Å². The van der Waals surface area contributed by atoms with E-state index in [0.717, 1.165) is 39.3 Å². The van der Waals surface area contributed by atoms with Crippen molar-refractivity contribution in [3.8, 4) is 6.07 Å². The Bertz CT molecular complexity index is 343. The molecule has 0 N–H and O–H groups in total. The fourth-order valence-electron chi connectivity index (χ4n) is 3.12. The van der Waals surface area contributed by atoms with Crippen LogP contribution in [0.1, 0.15) is 13.8 Å². The van der Waals surface area contributed by atoms with E-state index in [0.29, 0.717) is 18.5 Å². The van der Waals surface area contributed by atoms with E-state index in [-0.39, 0.29) is 5.91 Å². The Labute approximate surface area is 109 Å². The van der Waals surface area contributed by atoms with E-state index >= 15 is 0 Å². The Balaban J connectivity index is 1.86. The largest absolute Gasteiger partial charge is 0.340 e. The van der Waals surface area contributed by atoms with Gasteiger partial charge in [0.25, 0.3) is 0 Å². The number of hydrogen-bond donors (Lipinski definition) is 0. The van der Waals surface area contributed by atoms with Crippen molar-refractivity contribution in [2.75, 3.05) is 45.8 Å². The minimum atomic E-state index is 0.181. The summed E-state index contributed by atoms with van der Waals surface area (Å²) in [4.78, 5) is 17.9. The van der Waals surface area contributed by atoms with Crippen molar-refractivity contribution >= 4 is 5.91 Å². The van der Waals surface area contributed by atoms with Gasteiger partial charge in [0.1, 0.15) is 0 Å². The molecule has 0 unspecified atom stereocenters. The summed E-state index contributed by atoms with van der Waals surface area (Å²) >= 11 is 0. The average molecular weight is 250 g/mol. The van der Waals surface area contributed by atoms with E-state index in [1.54, 1.807) is 6.92 Å². The van der Waals surface area contributed by atoms with Gasteiger partial charge in [0.15, 0.2) is 0 Å². The number of amides is 1. The van der Waals surface area contributed by atoms with Crippen molar-refractivity contribution < 1.29 is 4.79 Å². The third-order valence-corrected chi connectivity index (χ3v) is 4.17. The van der Waals surface area contributed by atoms with Crippen LogP contribution in [0.4, 0.5) is 0 Å². The zero-order valence-corrected chi connectivity index (χ0v) is 11.3. The Morgan fingerprint density at radius 2 is 1.94 bits per heavy atom. The highest BCUT2D eigenvalue weighted by atomic mass is 16.2. The minimum Gasteiger partial charge on any atom is -0.340 e. The fraction of sp³-hybridized carbons (Fsp3) is 0.846. The molecule has 0 aromatic carbocycles. The van der Waals surface area contributed by atoms with Gasteiger partial charge in [0.2, 0.25) is 5.91 Å². The highest BCUT2D eigenvalue weighted by Crippen LogP contribution is 2.22. The molecule has 0 spiro atoms. The molecule has 2 heterocycles. The van der Waals surface area contributed by atoms with Gasteiger partial charge in [-0.05, 0) is 5.92 Å². The van der Waals surface area contributed by atoms with E-state index in [4.69, 9.17) is 5.26 Å². The molecule has 2 aliphatic heterocycles. The van der Waals surface area contributed by atoms with Crippen LogP contribution in [0.25, 0.3) is 0 Å². The fourth-order valence-corrected chi connectivity index (χ4v) is 3.12. The zero-order valence-electron chi connectivity index (χ0n) is 11.3. The summed E-state index contributed by atoms with van der Waals surface area (Å²) in [6, 6.07) is 2.78. The molecule has 18 heavy (non-hydrogen) atoms. The lowest BCUT2D eigenvalue weighted by Gasteiger charge is -2.39. The van der Waals surface area contributed by atoms with Crippen molar-refractivity contribution in [2.24, 2.45) is 5.92 Å². The average Bonchev–Trinajstić information content (AvgIpc) is 2.71.